The fourth-order valence-electron chi connectivity index (χ4n) is 2.33. The minimum Gasteiger partial charge on any atom is -0.308 e. The van der Waals surface area contributed by atoms with Crippen LogP contribution in [0.5, 0.6) is 0 Å². The number of urea groups is 1. The third-order valence-corrected chi connectivity index (χ3v) is 4.86. The summed E-state index contributed by atoms with van der Waals surface area (Å²) in [6.07, 6.45) is 3.08. The SMILES string of the molecule is Cc1ccc(NC(=O)NC(=O)CSc2ncnc3c2cnn3C)cc1C. The van der Waals surface area contributed by atoms with Gasteiger partial charge in [0.25, 0.3) is 0 Å². The van der Waals surface area contributed by atoms with Crippen LogP contribution >= 0.6 is 11.8 Å². The Hall–Kier alpha value is -2.94. The van der Waals surface area contributed by atoms with Gasteiger partial charge < -0.3 is 5.32 Å². The Morgan fingerprint density at radius 2 is 2.00 bits per heavy atom. The van der Waals surface area contributed by atoms with Crippen molar-refractivity contribution in [2.45, 2.75) is 18.9 Å². The van der Waals surface area contributed by atoms with Gasteiger partial charge in [-0.2, -0.15) is 5.10 Å². The highest BCUT2D eigenvalue weighted by atomic mass is 32.2. The number of hydrogen-bond donors (Lipinski definition) is 2. The lowest BCUT2D eigenvalue weighted by atomic mass is 10.1. The maximum Gasteiger partial charge on any atom is 0.325 e. The number of amides is 3. The molecule has 0 atom stereocenters. The Morgan fingerprint density at radius 3 is 2.77 bits per heavy atom. The first kappa shape index (κ1) is 17.9. The number of aromatic nitrogens is 4. The Bertz CT molecular complexity index is 985. The number of thioether (sulfide) groups is 1. The molecule has 8 nitrogen and oxygen atoms in total. The van der Waals surface area contributed by atoms with Gasteiger partial charge in [0.05, 0.1) is 17.3 Å². The number of aryl methyl sites for hydroxylation is 3. The minimum atomic E-state index is -0.562. The number of fused-ring (bicyclic) bond motifs is 1. The molecule has 0 saturated heterocycles. The summed E-state index contributed by atoms with van der Waals surface area (Å²) < 4.78 is 1.64. The molecule has 26 heavy (non-hydrogen) atoms. The van der Waals surface area contributed by atoms with Gasteiger partial charge >= 0.3 is 6.03 Å². The van der Waals surface area contributed by atoms with Gasteiger partial charge in [-0.05, 0) is 37.1 Å². The van der Waals surface area contributed by atoms with Gasteiger partial charge in [0.15, 0.2) is 5.65 Å². The molecule has 0 radical (unpaired) electrons. The van der Waals surface area contributed by atoms with Crippen molar-refractivity contribution in [3.8, 4) is 0 Å². The number of imide groups is 1. The van der Waals surface area contributed by atoms with E-state index in [-0.39, 0.29) is 5.75 Å². The molecule has 2 N–H and O–H groups in total. The molecule has 0 aliphatic rings. The van der Waals surface area contributed by atoms with Gasteiger partial charge in [-0.15, -0.1) is 0 Å². The first-order valence-corrected chi connectivity index (χ1v) is 8.86. The molecule has 2 heterocycles. The number of hydrogen-bond acceptors (Lipinski definition) is 6. The van der Waals surface area contributed by atoms with Crippen molar-refractivity contribution in [1.82, 2.24) is 25.1 Å². The zero-order chi connectivity index (χ0) is 18.7. The first-order valence-electron chi connectivity index (χ1n) is 7.87. The molecule has 0 unspecified atom stereocenters. The van der Waals surface area contributed by atoms with E-state index in [2.05, 4.69) is 25.7 Å². The van der Waals surface area contributed by atoms with E-state index >= 15 is 0 Å². The monoisotopic (exact) mass is 370 g/mol. The summed E-state index contributed by atoms with van der Waals surface area (Å²) >= 11 is 1.23. The van der Waals surface area contributed by atoms with Crippen molar-refractivity contribution in [1.29, 1.82) is 0 Å². The van der Waals surface area contributed by atoms with Crippen molar-refractivity contribution in [2.75, 3.05) is 11.1 Å². The third kappa shape index (κ3) is 3.99. The van der Waals surface area contributed by atoms with E-state index in [0.717, 1.165) is 16.5 Å². The maximum absolute atomic E-state index is 12.0. The summed E-state index contributed by atoms with van der Waals surface area (Å²) in [6, 6.07) is 5.00. The van der Waals surface area contributed by atoms with Gasteiger partial charge in [0.2, 0.25) is 5.91 Å². The predicted molar refractivity (Wildman–Crippen MR) is 100 cm³/mol. The fourth-order valence-corrected chi connectivity index (χ4v) is 3.09. The van der Waals surface area contributed by atoms with Crippen LogP contribution in [0.25, 0.3) is 11.0 Å². The second kappa shape index (κ2) is 7.52. The van der Waals surface area contributed by atoms with E-state index in [9.17, 15) is 9.59 Å². The summed E-state index contributed by atoms with van der Waals surface area (Å²) in [5.41, 5.74) is 3.53. The Morgan fingerprint density at radius 1 is 1.19 bits per heavy atom. The smallest absolute Gasteiger partial charge is 0.308 e. The average molecular weight is 370 g/mol. The van der Waals surface area contributed by atoms with E-state index in [1.54, 1.807) is 24.0 Å². The van der Waals surface area contributed by atoms with Crippen LogP contribution in [-0.2, 0) is 11.8 Å². The van der Waals surface area contributed by atoms with Crippen LogP contribution in [0.3, 0.4) is 0 Å². The number of nitrogens with one attached hydrogen (secondary N) is 2. The molecular formula is C17H18N6O2S. The topological polar surface area (TPSA) is 102 Å². The van der Waals surface area contributed by atoms with E-state index in [0.29, 0.717) is 16.4 Å². The van der Waals surface area contributed by atoms with Crippen LogP contribution in [0.1, 0.15) is 11.1 Å². The third-order valence-electron chi connectivity index (χ3n) is 3.85. The largest absolute Gasteiger partial charge is 0.325 e. The van der Waals surface area contributed by atoms with Gasteiger partial charge in [-0.1, -0.05) is 17.8 Å². The Labute approximate surface area is 154 Å². The van der Waals surface area contributed by atoms with E-state index in [4.69, 9.17) is 0 Å². The zero-order valence-electron chi connectivity index (χ0n) is 14.6. The molecule has 3 amide bonds. The second-order valence-corrected chi connectivity index (χ2v) is 6.74. The number of nitrogens with zero attached hydrogens (tertiary/aromatic N) is 4. The molecule has 3 rings (SSSR count). The number of benzene rings is 1. The van der Waals surface area contributed by atoms with Crippen LogP contribution in [0, 0.1) is 13.8 Å². The second-order valence-electron chi connectivity index (χ2n) is 5.77. The average Bonchev–Trinajstić information content (AvgIpc) is 2.98. The summed E-state index contributed by atoms with van der Waals surface area (Å²) in [4.78, 5) is 32.3. The lowest BCUT2D eigenvalue weighted by Crippen LogP contribution is -2.35. The number of carbonyl (C=O) groups is 2. The number of anilines is 1. The standard InChI is InChI=1S/C17H18N6O2S/c1-10-4-5-12(6-11(10)2)21-17(25)22-14(24)8-26-16-13-7-20-23(3)15(13)18-9-19-16/h4-7,9H,8H2,1-3H3,(H2,21,22,24,25). The van der Waals surface area contributed by atoms with Gasteiger partial charge in [-0.3, -0.25) is 14.8 Å². The van der Waals surface area contributed by atoms with Gasteiger partial charge in [0, 0.05) is 12.7 Å². The quantitative estimate of drug-likeness (QED) is 0.540. The zero-order valence-corrected chi connectivity index (χ0v) is 15.4. The summed E-state index contributed by atoms with van der Waals surface area (Å²) in [7, 11) is 1.79. The molecule has 9 heteroatoms. The molecule has 3 aromatic rings. The lowest BCUT2D eigenvalue weighted by Gasteiger charge is -2.08. The van der Waals surface area contributed by atoms with Crippen molar-refractivity contribution in [3.05, 3.63) is 41.9 Å². The van der Waals surface area contributed by atoms with Crippen LogP contribution in [0.2, 0.25) is 0 Å². The van der Waals surface area contributed by atoms with E-state index < -0.39 is 11.9 Å². The number of rotatable bonds is 4. The van der Waals surface area contributed by atoms with Crippen LogP contribution in [0.15, 0.2) is 35.7 Å². The van der Waals surface area contributed by atoms with Gasteiger partial charge in [0.1, 0.15) is 11.4 Å². The van der Waals surface area contributed by atoms with Crippen molar-refractivity contribution >= 4 is 40.4 Å². The minimum absolute atomic E-state index is 0.0569. The Kier molecular flexibility index (Phi) is 5.17. The predicted octanol–water partition coefficient (Wildman–Crippen LogP) is 2.42. The van der Waals surface area contributed by atoms with Crippen molar-refractivity contribution in [3.63, 3.8) is 0 Å². The van der Waals surface area contributed by atoms with Crippen molar-refractivity contribution < 1.29 is 9.59 Å². The molecule has 1 aromatic carbocycles. The molecule has 0 spiro atoms. The molecule has 0 saturated carbocycles. The molecule has 0 aliphatic carbocycles. The highest BCUT2D eigenvalue weighted by Gasteiger charge is 2.12. The van der Waals surface area contributed by atoms with Crippen LogP contribution in [-0.4, -0.2) is 37.4 Å². The van der Waals surface area contributed by atoms with E-state index in [1.807, 2.05) is 26.0 Å². The summed E-state index contributed by atoms with van der Waals surface area (Å²) in [6.45, 7) is 3.95. The normalized spacial score (nSPS) is 10.7. The molecule has 0 fully saturated rings. The van der Waals surface area contributed by atoms with Crippen molar-refractivity contribution in [2.24, 2.45) is 7.05 Å². The molecule has 2 aromatic heterocycles. The molecule has 0 bridgehead atoms. The van der Waals surface area contributed by atoms with Crippen LogP contribution < -0.4 is 10.6 Å². The highest BCUT2D eigenvalue weighted by molar-refractivity contribution is 8.00. The molecule has 134 valence electrons. The molecule has 0 aliphatic heterocycles. The van der Waals surface area contributed by atoms with Gasteiger partial charge in [-0.25, -0.2) is 14.8 Å². The summed E-state index contributed by atoms with van der Waals surface area (Å²) in [5.74, 6) is -0.353. The van der Waals surface area contributed by atoms with Crippen LogP contribution in [0.4, 0.5) is 10.5 Å². The number of carbonyl (C=O) groups excluding carboxylic acids is 2. The fraction of sp³-hybridized carbons (Fsp3) is 0.235. The first-order chi connectivity index (χ1) is 12.4. The summed E-state index contributed by atoms with van der Waals surface area (Å²) in [5, 5.41) is 10.5. The molecular weight excluding hydrogens is 352 g/mol. The highest BCUT2D eigenvalue weighted by Crippen LogP contribution is 2.23. The lowest BCUT2D eigenvalue weighted by molar-refractivity contribution is -0.117. The Balaban J connectivity index is 1.56. The maximum atomic E-state index is 12.0. The van der Waals surface area contributed by atoms with E-state index in [1.165, 1.54) is 18.1 Å².